The Bertz CT molecular complexity index is 1120. The molecule has 0 radical (unpaired) electrons. The van der Waals surface area contributed by atoms with Crippen LogP contribution >= 0.6 is 0 Å². The largest absolute Gasteiger partial charge is 0.481 e. The molecule has 42 heavy (non-hydrogen) atoms. The van der Waals surface area contributed by atoms with Gasteiger partial charge in [0.05, 0.1) is 12.5 Å². The minimum absolute atomic E-state index is 0.0587. The van der Waals surface area contributed by atoms with E-state index in [2.05, 4.69) is 25.9 Å². The number of amides is 3. The molecule has 17 heteroatoms. The van der Waals surface area contributed by atoms with E-state index in [0.29, 0.717) is 12.0 Å². The van der Waals surface area contributed by atoms with Gasteiger partial charge >= 0.3 is 11.9 Å². The summed E-state index contributed by atoms with van der Waals surface area (Å²) in [5.74, 6) is -5.59. The minimum atomic E-state index is -1.74. The molecule has 1 aromatic rings. The maximum atomic E-state index is 13.4. The third kappa shape index (κ3) is 14.5. The number of nitrogens with two attached hydrogens (primary N) is 5. The van der Waals surface area contributed by atoms with Gasteiger partial charge in [-0.05, 0) is 31.2 Å². The van der Waals surface area contributed by atoms with E-state index >= 15 is 0 Å². The molecule has 0 aliphatic rings. The van der Waals surface area contributed by atoms with Crippen LogP contribution in [0.25, 0.3) is 0 Å². The fourth-order valence-corrected chi connectivity index (χ4v) is 3.68. The Morgan fingerprint density at radius 2 is 1.21 bits per heavy atom. The summed E-state index contributed by atoms with van der Waals surface area (Å²) in [6.07, 6.45) is 0.00355. The second kappa shape index (κ2) is 18.4. The number of hydrogen-bond acceptors (Lipinski definition) is 8. The number of nitrogens with zero attached hydrogens (tertiary/aromatic N) is 2. The molecule has 0 bridgehead atoms. The lowest BCUT2D eigenvalue weighted by Crippen LogP contribution is -2.57. The van der Waals surface area contributed by atoms with Crippen LogP contribution in [-0.4, -0.2) is 89.0 Å². The highest BCUT2D eigenvalue weighted by Gasteiger charge is 2.31. The summed E-state index contributed by atoms with van der Waals surface area (Å²) in [5, 5.41) is 25.6. The Balaban J connectivity index is 3.12. The van der Waals surface area contributed by atoms with Gasteiger partial charge in [-0.15, -0.1) is 0 Å². The van der Waals surface area contributed by atoms with Gasteiger partial charge in [0.2, 0.25) is 17.7 Å². The number of guanidine groups is 2. The molecule has 4 unspecified atom stereocenters. The van der Waals surface area contributed by atoms with Crippen molar-refractivity contribution in [2.75, 3.05) is 13.1 Å². The molecule has 0 heterocycles. The molecule has 0 fully saturated rings. The van der Waals surface area contributed by atoms with E-state index in [0.717, 1.165) is 0 Å². The number of aliphatic imine (C=N–C) groups is 2. The smallest absolute Gasteiger partial charge is 0.326 e. The maximum Gasteiger partial charge on any atom is 0.326 e. The second-order valence-corrected chi connectivity index (χ2v) is 9.31. The van der Waals surface area contributed by atoms with Crippen molar-refractivity contribution in [3.63, 3.8) is 0 Å². The van der Waals surface area contributed by atoms with E-state index in [1.54, 1.807) is 30.3 Å². The lowest BCUT2D eigenvalue weighted by molar-refractivity contribution is -0.147. The van der Waals surface area contributed by atoms with Crippen LogP contribution in [0.15, 0.2) is 40.3 Å². The van der Waals surface area contributed by atoms with Crippen LogP contribution in [0.4, 0.5) is 0 Å². The van der Waals surface area contributed by atoms with Crippen LogP contribution < -0.4 is 44.6 Å². The van der Waals surface area contributed by atoms with Crippen LogP contribution in [0.5, 0.6) is 0 Å². The first-order chi connectivity index (χ1) is 19.8. The summed E-state index contributed by atoms with van der Waals surface area (Å²) in [5.41, 5.74) is 27.8. The number of carboxylic acid groups (broad SMARTS) is 2. The molecule has 232 valence electrons. The minimum Gasteiger partial charge on any atom is -0.481 e. The van der Waals surface area contributed by atoms with Crippen LogP contribution in [0, 0.1) is 0 Å². The summed E-state index contributed by atoms with van der Waals surface area (Å²) in [7, 11) is 0. The van der Waals surface area contributed by atoms with E-state index in [4.69, 9.17) is 33.8 Å². The van der Waals surface area contributed by atoms with Crippen molar-refractivity contribution in [2.45, 2.75) is 62.7 Å². The van der Waals surface area contributed by atoms with Gasteiger partial charge in [0, 0.05) is 19.5 Å². The Morgan fingerprint density at radius 3 is 1.74 bits per heavy atom. The van der Waals surface area contributed by atoms with Gasteiger partial charge in [0.15, 0.2) is 11.9 Å². The number of nitrogens with one attached hydrogen (secondary N) is 3. The zero-order valence-electron chi connectivity index (χ0n) is 23.1. The third-order valence-corrected chi connectivity index (χ3v) is 5.79. The first-order valence-electron chi connectivity index (χ1n) is 13.1. The first kappa shape index (κ1) is 35.1. The molecule has 17 nitrogen and oxygen atoms in total. The van der Waals surface area contributed by atoms with Crippen molar-refractivity contribution < 1.29 is 34.2 Å². The van der Waals surface area contributed by atoms with E-state index in [9.17, 15) is 29.1 Å². The maximum absolute atomic E-state index is 13.4. The monoisotopic (exact) mass is 592 g/mol. The first-order valence-corrected chi connectivity index (χ1v) is 13.1. The van der Waals surface area contributed by atoms with Crippen LogP contribution in [0.2, 0.25) is 0 Å². The average molecular weight is 593 g/mol. The van der Waals surface area contributed by atoms with Crippen LogP contribution in [-0.2, 0) is 30.4 Å². The number of carboxylic acids is 2. The third-order valence-electron chi connectivity index (χ3n) is 5.79. The van der Waals surface area contributed by atoms with Crippen LogP contribution in [0.1, 0.15) is 37.7 Å². The zero-order chi connectivity index (χ0) is 31.7. The summed E-state index contributed by atoms with van der Waals surface area (Å²) in [4.78, 5) is 69.5. The van der Waals surface area contributed by atoms with E-state index in [-0.39, 0.29) is 50.7 Å². The van der Waals surface area contributed by atoms with Gasteiger partial charge in [-0.3, -0.25) is 29.2 Å². The lowest BCUT2D eigenvalue weighted by Gasteiger charge is -2.25. The quantitative estimate of drug-likeness (QED) is 0.0428. The Hall–Kier alpha value is -4.93. The normalized spacial score (nSPS) is 13.4. The number of aliphatic carboxylic acids is 2. The van der Waals surface area contributed by atoms with E-state index in [1.165, 1.54) is 0 Å². The lowest BCUT2D eigenvalue weighted by atomic mass is 10.0. The topological polar surface area (TPSA) is 317 Å². The van der Waals surface area contributed by atoms with Gasteiger partial charge in [-0.1, -0.05) is 30.3 Å². The fraction of sp³-hybridized carbons (Fsp3) is 0.480. The van der Waals surface area contributed by atoms with Crippen molar-refractivity contribution in [1.82, 2.24) is 16.0 Å². The molecule has 0 aliphatic heterocycles. The Morgan fingerprint density at radius 1 is 0.714 bits per heavy atom. The molecule has 0 saturated heterocycles. The van der Waals surface area contributed by atoms with Crippen molar-refractivity contribution >= 4 is 41.6 Å². The molecule has 0 aromatic heterocycles. The summed E-state index contributed by atoms with van der Waals surface area (Å²) in [6, 6.07) is 3.31. The van der Waals surface area contributed by atoms with Crippen molar-refractivity contribution in [2.24, 2.45) is 38.7 Å². The highest BCUT2D eigenvalue weighted by Crippen LogP contribution is 2.08. The van der Waals surface area contributed by atoms with E-state index in [1.807, 2.05) is 0 Å². The predicted octanol–water partition coefficient (Wildman–Crippen LogP) is -3.32. The number of rotatable bonds is 19. The summed E-state index contributed by atoms with van der Waals surface area (Å²) < 4.78 is 0. The molecular formula is C25H40N10O7. The zero-order valence-corrected chi connectivity index (χ0v) is 23.1. The van der Waals surface area contributed by atoms with E-state index < -0.39 is 60.2 Å². The molecule has 15 N–H and O–H groups in total. The molecule has 1 aromatic carbocycles. The molecule has 0 spiro atoms. The Kier molecular flexibility index (Phi) is 15.4. The number of carbonyl (C=O) groups excluding carboxylic acids is 3. The summed E-state index contributed by atoms with van der Waals surface area (Å²) >= 11 is 0. The van der Waals surface area contributed by atoms with Gasteiger partial charge in [0.1, 0.15) is 18.1 Å². The van der Waals surface area contributed by atoms with Crippen LogP contribution in [0.3, 0.4) is 0 Å². The highest BCUT2D eigenvalue weighted by molar-refractivity contribution is 5.94. The van der Waals surface area contributed by atoms with Crippen molar-refractivity contribution in [1.29, 1.82) is 0 Å². The number of hydrogen-bond donors (Lipinski definition) is 10. The van der Waals surface area contributed by atoms with Crippen molar-refractivity contribution in [3.05, 3.63) is 35.9 Å². The number of carbonyl (C=O) groups is 5. The molecule has 4 atom stereocenters. The Labute approximate surface area is 242 Å². The fourth-order valence-electron chi connectivity index (χ4n) is 3.68. The van der Waals surface area contributed by atoms with Gasteiger partial charge in [-0.25, -0.2) is 4.79 Å². The number of benzene rings is 1. The molecule has 1 rings (SSSR count). The molecular weight excluding hydrogens is 552 g/mol. The van der Waals surface area contributed by atoms with Gasteiger partial charge in [-0.2, -0.15) is 0 Å². The molecule has 0 aliphatic carbocycles. The van der Waals surface area contributed by atoms with Gasteiger partial charge < -0.3 is 54.8 Å². The average Bonchev–Trinajstić information content (AvgIpc) is 2.91. The predicted molar refractivity (Wildman–Crippen MR) is 154 cm³/mol. The SMILES string of the molecule is NC(N)=NCCCC(N)C(=O)NC(CCCN=C(N)N)C(=O)NC(Cc1ccccc1)C(=O)NC(CC(=O)O)C(=O)O. The molecule has 3 amide bonds. The van der Waals surface area contributed by atoms with Gasteiger partial charge in [0.25, 0.3) is 0 Å². The van der Waals surface area contributed by atoms with Crippen molar-refractivity contribution in [3.8, 4) is 0 Å². The summed E-state index contributed by atoms with van der Waals surface area (Å²) in [6.45, 7) is 0.400. The second-order valence-electron chi connectivity index (χ2n) is 9.31. The highest BCUT2D eigenvalue weighted by atomic mass is 16.4. The standard InChI is InChI=1S/C25H40N10O7/c26-15(8-4-10-31-24(27)28)20(38)33-16(9-5-11-32-25(29)30)21(39)34-17(12-14-6-2-1-3-7-14)22(40)35-18(23(41)42)13-19(36)37/h1-3,6-7,15-18H,4-5,8-13,26H2,(H,33,38)(H,34,39)(H,35,40)(H,36,37)(H,41,42)(H4,27,28,31)(H4,29,30,32). The molecule has 0 saturated carbocycles.